The van der Waals surface area contributed by atoms with Crippen LogP contribution in [0, 0.1) is 0 Å². The lowest BCUT2D eigenvalue weighted by molar-refractivity contribution is 0.105. The van der Waals surface area contributed by atoms with Crippen LogP contribution in [0.3, 0.4) is 0 Å². The molecule has 0 saturated heterocycles. The van der Waals surface area contributed by atoms with Crippen molar-refractivity contribution in [2.24, 2.45) is 0 Å². The van der Waals surface area contributed by atoms with E-state index in [4.69, 9.17) is 4.42 Å². The SMILES string of the molecule is O=C(C(=Cc1ccncc1)c1nc2ccccc2o1)c1ccccc1. The number of carbonyl (C=O) groups excluding carboxylic acids is 1. The first-order chi connectivity index (χ1) is 12.3. The third kappa shape index (κ3) is 3.10. The summed E-state index contributed by atoms with van der Waals surface area (Å²) in [5.41, 5.74) is 3.23. The van der Waals surface area contributed by atoms with Gasteiger partial charge in [0, 0.05) is 18.0 Å². The molecule has 120 valence electrons. The summed E-state index contributed by atoms with van der Waals surface area (Å²) in [6.07, 6.45) is 5.15. The van der Waals surface area contributed by atoms with E-state index in [1.54, 1.807) is 30.6 Å². The molecule has 2 aromatic carbocycles. The molecular formula is C21H14N2O2. The zero-order valence-corrected chi connectivity index (χ0v) is 13.3. The van der Waals surface area contributed by atoms with Gasteiger partial charge in [-0.2, -0.15) is 0 Å². The maximum absolute atomic E-state index is 13.0. The summed E-state index contributed by atoms with van der Waals surface area (Å²) < 4.78 is 5.83. The Morgan fingerprint density at radius 3 is 2.36 bits per heavy atom. The van der Waals surface area contributed by atoms with E-state index in [-0.39, 0.29) is 5.78 Å². The summed E-state index contributed by atoms with van der Waals surface area (Å²) in [5, 5.41) is 0. The molecule has 0 unspecified atom stereocenters. The van der Waals surface area contributed by atoms with Gasteiger partial charge in [-0.1, -0.05) is 42.5 Å². The van der Waals surface area contributed by atoms with Crippen molar-refractivity contribution in [3.8, 4) is 0 Å². The topological polar surface area (TPSA) is 56.0 Å². The number of hydrogen-bond acceptors (Lipinski definition) is 4. The molecule has 0 N–H and O–H groups in total. The largest absolute Gasteiger partial charge is 0.436 e. The number of benzene rings is 2. The molecule has 0 amide bonds. The number of hydrogen-bond donors (Lipinski definition) is 0. The minimum atomic E-state index is -0.135. The first-order valence-electron chi connectivity index (χ1n) is 7.89. The van der Waals surface area contributed by atoms with Crippen molar-refractivity contribution in [1.82, 2.24) is 9.97 Å². The molecule has 0 fully saturated rings. The van der Waals surface area contributed by atoms with Crippen LogP contribution in [0.15, 0.2) is 83.5 Å². The number of nitrogens with zero attached hydrogens (tertiary/aromatic N) is 2. The van der Waals surface area contributed by atoms with Gasteiger partial charge in [0.15, 0.2) is 11.4 Å². The predicted octanol–water partition coefficient (Wildman–Crippen LogP) is 4.65. The van der Waals surface area contributed by atoms with Gasteiger partial charge in [0.25, 0.3) is 0 Å². The highest BCUT2D eigenvalue weighted by Crippen LogP contribution is 2.26. The minimum Gasteiger partial charge on any atom is -0.436 e. The monoisotopic (exact) mass is 326 g/mol. The van der Waals surface area contributed by atoms with Crippen LogP contribution in [0.1, 0.15) is 21.8 Å². The van der Waals surface area contributed by atoms with Gasteiger partial charge >= 0.3 is 0 Å². The Balaban J connectivity index is 1.86. The number of para-hydroxylation sites is 2. The van der Waals surface area contributed by atoms with Crippen LogP contribution in [-0.2, 0) is 0 Å². The fourth-order valence-electron chi connectivity index (χ4n) is 2.58. The molecule has 0 aliphatic carbocycles. The molecule has 25 heavy (non-hydrogen) atoms. The van der Waals surface area contributed by atoms with E-state index in [0.717, 1.165) is 11.1 Å². The fourth-order valence-corrected chi connectivity index (χ4v) is 2.58. The van der Waals surface area contributed by atoms with Gasteiger partial charge in [-0.05, 0) is 35.9 Å². The number of carbonyl (C=O) groups is 1. The molecule has 4 rings (SSSR count). The van der Waals surface area contributed by atoms with Crippen LogP contribution in [-0.4, -0.2) is 15.8 Å². The van der Waals surface area contributed by atoms with Crippen LogP contribution in [0.2, 0.25) is 0 Å². The number of aromatic nitrogens is 2. The number of oxazole rings is 1. The molecule has 0 atom stereocenters. The van der Waals surface area contributed by atoms with E-state index in [2.05, 4.69) is 9.97 Å². The lowest BCUT2D eigenvalue weighted by Crippen LogP contribution is -2.03. The quantitative estimate of drug-likeness (QED) is 0.405. The maximum atomic E-state index is 13.0. The van der Waals surface area contributed by atoms with Gasteiger partial charge in [-0.3, -0.25) is 9.78 Å². The number of rotatable bonds is 4. The van der Waals surface area contributed by atoms with Crippen molar-refractivity contribution < 1.29 is 9.21 Å². The average molecular weight is 326 g/mol. The summed E-state index contributed by atoms with van der Waals surface area (Å²) in [6, 6.07) is 20.2. The van der Waals surface area contributed by atoms with Gasteiger partial charge in [-0.15, -0.1) is 0 Å². The van der Waals surface area contributed by atoms with Crippen LogP contribution in [0.25, 0.3) is 22.7 Å². The van der Waals surface area contributed by atoms with Crippen LogP contribution in [0.5, 0.6) is 0 Å². The van der Waals surface area contributed by atoms with E-state index in [9.17, 15) is 4.79 Å². The molecule has 0 radical (unpaired) electrons. The van der Waals surface area contributed by atoms with Crippen molar-refractivity contribution in [3.63, 3.8) is 0 Å². The van der Waals surface area contributed by atoms with Crippen molar-refractivity contribution >= 4 is 28.5 Å². The lowest BCUT2D eigenvalue weighted by Gasteiger charge is -2.03. The highest BCUT2D eigenvalue weighted by atomic mass is 16.3. The van der Waals surface area contributed by atoms with Gasteiger partial charge in [0.05, 0.1) is 5.57 Å². The van der Waals surface area contributed by atoms with Crippen molar-refractivity contribution in [1.29, 1.82) is 0 Å². The van der Waals surface area contributed by atoms with Crippen molar-refractivity contribution in [3.05, 3.63) is 96.1 Å². The van der Waals surface area contributed by atoms with Crippen molar-refractivity contribution in [2.45, 2.75) is 0 Å². The third-order valence-electron chi connectivity index (χ3n) is 3.82. The Hall–Kier alpha value is -3.53. The van der Waals surface area contributed by atoms with E-state index in [0.29, 0.717) is 22.6 Å². The van der Waals surface area contributed by atoms with Gasteiger partial charge < -0.3 is 4.42 Å². The Kier molecular flexibility index (Phi) is 3.92. The first-order valence-corrected chi connectivity index (χ1v) is 7.89. The second-order valence-corrected chi connectivity index (χ2v) is 5.52. The molecule has 0 aliphatic heterocycles. The molecule has 4 aromatic rings. The smallest absolute Gasteiger partial charge is 0.231 e. The molecule has 0 bridgehead atoms. The second-order valence-electron chi connectivity index (χ2n) is 5.52. The normalized spacial score (nSPS) is 11.6. The Morgan fingerprint density at radius 1 is 0.880 bits per heavy atom. The highest BCUT2D eigenvalue weighted by molar-refractivity contribution is 6.31. The Bertz CT molecular complexity index is 1020. The fraction of sp³-hybridized carbons (Fsp3) is 0. The number of allylic oxidation sites excluding steroid dienone is 1. The van der Waals surface area contributed by atoms with Gasteiger partial charge in [-0.25, -0.2) is 4.98 Å². The highest BCUT2D eigenvalue weighted by Gasteiger charge is 2.19. The molecule has 0 saturated carbocycles. The summed E-state index contributed by atoms with van der Waals surface area (Å²) in [4.78, 5) is 21.5. The number of fused-ring (bicyclic) bond motifs is 1. The predicted molar refractivity (Wildman–Crippen MR) is 96.9 cm³/mol. The number of Topliss-reactive ketones (excluding diaryl/α,β-unsaturated/α-hetero) is 1. The summed E-state index contributed by atoms with van der Waals surface area (Å²) in [7, 11) is 0. The van der Waals surface area contributed by atoms with E-state index < -0.39 is 0 Å². The lowest BCUT2D eigenvalue weighted by atomic mass is 10.0. The van der Waals surface area contributed by atoms with Crippen LogP contribution >= 0.6 is 0 Å². The zero-order valence-electron chi connectivity index (χ0n) is 13.3. The summed E-state index contributed by atoms with van der Waals surface area (Å²) in [5.74, 6) is 0.177. The average Bonchev–Trinajstić information content (AvgIpc) is 3.11. The summed E-state index contributed by atoms with van der Waals surface area (Å²) >= 11 is 0. The summed E-state index contributed by atoms with van der Waals surface area (Å²) in [6.45, 7) is 0. The van der Waals surface area contributed by atoms with Crippen LogP contribution < -0.4 is 0 Å². The standard InChI is InChI=1S/C21H14N2O2/c24-20(16-6-2-1-3-7-16)17(14-15-10-12-22-13-11-15)21-23-18-8-4-5-9-19(18)25-21/h1-14H. The van der Waals surface area contributed by atoms with Crippen LogP contribution in [0.4, 0.5) is 0 Å². The van der Waals surface area contributed by atoms with Gasteiger partial charge in [0.2, 0.25) is 5.89 Å². The molecule has 4 nitrogen and oxygen atoms in total. The first kappa shape index (κ1) is 15.0. The second kappa shape index (κ2) is 6.53. The Morgan fingerprint density at radius 2 is 1.60 bits per heavy atom. The molecule has 2 heterocycles. The van der Waals surface area contributed by atoms with Crippen molar-refractivity contribution in [2.75, 3.05) is 0 Å². The van der Waals surface area contributed by atoms with Gasteiger partial charge in [0.1, 0.15) is 5.52 Å². The minimum absolute atomic E-state index is 0.135. The molecule has 0 aliphatic rings. The molecular weight excluding hydrogens is 312 g/mol. The molecule has 2 aromatic heterocycles. The number of ketones is 1. The van der Waals surface area contributed by atoms with E-state index in [1.807, 2.05) is 54.6 Å². The zero-order chi connectivity index (χ0) is 17.1. The maximum Gasteiger partial charge on any atom is 0.231 e. The number of pyridine rings is 1. The molecule has 4 heteroatoms. The van der Waals surface area contributed by atoms with E-state index in [1.165, 1.54) is 0 Å². The third-order valence-corrected chi connectivity index (χ3v) is 3.82. The molecule has 0 spiro atoms. The van der Waals surface area contributed by atoms with E-state index >= 15 is 0 Å². The Labute approximate surface area is 144 Å².